The summed E-state index contributed by atoms with van der Waals surface area (Å²) in [6, 6.07) is 3.16. The van der Waals surface area contributed by atoms with Gasteiger partial charge in [0, 0.05) is 11.6 Å². The largest absolute Gasteiger partial charge is 0.358 e. The van der Waals surface area contributed by atoms with Crippen LogP contribution in [0.15, 0.2) is 23.7 Å². The van der Waals surface area contributed by atoms with Crippen molar-refractivity contribution in [2.45, 2.75) is 6.43 Å². The lowest BCUT2D eigenvalue weighted by molar-refractivity contribution is 0.102. The summed E-state index contributed by atoms with van der Waals surface area (Å²) < 4.78 is 25.4. The van der Waals surface area contributed by atoms with Crippen LogP contribution in [0.2, 0.25) is 5.02 Å². The molecule has 0 bridgehead atoms. The number of aromatic nitrogens is 1. The Bertz CT molecular complexity index is 507. The first-order valence-electron chi connectivity index (χ1n) is 4.34. The molecule has 16 heavy (non-hydrogen) atoms. The highest BCUT2D eigenvalue weighted by atomic mass is 35.5. The fourth-order valence-electron chi connectivity index (χ4n) is 1.32. The molecule has 0 aliphatic heterocycles. The van der Waals surface area contributed by atoms with Crippen LogP contribution >= 0.6 is 22.9 Å². The zero-order valence-corrected chi connectivity index (χ0v) is 9.41. The van der Waals surface area contributed by atoms with Crippen LogP contribution in [0.3, 0.4) is 0 Å². The van der Waals surface area contributed by atoms with Crippen molar-refractivity contribution >= 4 is 28.7 Å². The van der Waals surface area contributed by atoms with Crippen LogP contribution in [0.4, 0.5) is 8.78 Å². The third kappa shape index (κ3) is 1.88. The number of H-pyrrole nitrogens is 1. The van der Waals surface area contributed by atoms with E-state index in [1.165, 1.54) is 11.4 Å². The van der Waals surface area contributed by atoms with E-state index in [9.17, 15) is 13.6 Å². The Balaban J connectivity index is 2.45. The summed E-state index contributed by atoms with van der Waals surface area (Å²) >= 11 is 6.54. The van der Waals surface area contributed by atoms with Gasteiger partial charge in [-0.3, -0.25) is 4.79 Å². The molecule has 84 valence electrons. The minimum absolute atomic E-state index is 0.0116. The lowest BCUT2D eigenvalue weighted by atomic mass is 10.1. The van der Waals surface area contributed by atoms with Crippen molar-refractivity contribution < 1.29 is 13.6 Å². The minimum Gasteiger partial charge on any atom is -0.358 e. The molecule has 0 radical (unpaired) electrons. The zero-order valence-electron chi connectivity index (χ0n) is 7.84. The van der Waals surface area contributed by atoms with Crippen molar-refractivity contribution in [1.29, 1.82) is 0 Å². The molecule has 1 N–H and O–H groups in total. The maximum atomic E-state index is 12.7. The number of thiophene rings is 1. The summed E-state index contributed by atoms with van der Waals surface area (Å²) in [5.74, 6) is -0.461. The fraction of sp³-hybridized carbons (Fsp3) is 0.100. The van der Waals surface area contributed by atoms with Gasteiger partial charge in [-0.15, -0.1) is 11.3 Å². The van der Waals surface area contributed by atoms with Gasteiger partial charge in [0.15, 0.2) is 0 Å². The first-order chi connectivity index (χ1) is 7.61. The summed E-state index contributed by atoms with van der Waals surface area (Å²) in [6.07, 6.45) is -1.18. The van der Waals surface area contributed by atoms with Gasteiger partial charge >= 0.3 is 0 Å². The third-order valence-corrected chi connectivity index (χ3v) is 3.49. The molecule has 0 spiro atoms. The lowest BCUT2D eigenvalue weighted by Crippen LogP contribution is -2.02. The highest BCUT2D eigenvalue weighted by Crippen LogP contribution is 2.36. The topological polar surface area (TPSA) is 32.9 Å². The average molecular weight is 262 g/mol. The van der Waals surface area contributed by atoms with Gasteiger partial charge in [0.25, 0.3) is 6.43 Å². The number of halogens is 3. The lowest BCUT2D eigenvalue weighted by Gasteiger charge is -2.01. The first-order valence-corrected chi connectivity index (χ1v) is 5.60. The van der Waals surface area contributed by atoms with E-state index in [2.05, 4.69) is 4.98 Å². The molecular weight excluding hydrogens is 256 g/mol. The second-order valence-corrected chi connectivity index (χ2v) is 4.33. The number of carbonyl (C=O) groups is 1. The minimum atomic E-state index is -2.74. The highest BCUT2D eigenvalue weighted by Gasteiger charge is 2.25. The summed E-state index contributed by atoms with van der Waals surface area (Å²) in [4.78, 5) is 14.5. The Hall–Kier alpha value is -1.20. The van der Waals surface area contributed by atoms with Crippen molar-refractivity contribution in [3.05, 3.63) is 44.9 Å². The van der Waals surface area contributed by atoms with Gasteiger partial charge in [0.05, 0.1) is 21.2 Å². The van der Waals surface area contributed by atoms with Crippen molar-refractivity contribution in [1.82, 2.24) is 4.98 Å². The number of hydrogen-bond acceptors (Lipinski definition) is 2. The van der Waals surface area contributed by atoms with E-state index < -0.39 is 12.2 Å². The van der Waals surface area contributed by atoms with Gasteiger partial charge in [-0.05, 0) is 12.1 Å². The predicted molar refractivity (Wildman–Crippen MR) is 58.5 cm³/mol. The van der Waals surface area contributed by atoms with Gasteiger partial charge in [0.2, 0.25) is 5.78 Å². The number of aromatic amines is 1. The molecule has 6 heteroatoms. The van der Waals surface area contributed by atoms with Crippen LogP contribution in [0, 0.1) is 0 Å². The molecule has 0 aliphatic carbocycles. The molecule has 0 aliphatic rings. The summed E-state index contributed by atoms with van der Waals surface area (Å²) in [7, 11) is 0. The predicted octanol–water partition coefficient (Wildman–Crippen LogP) is 3.90. The van der Waals surface area contributed by atoms with Crippen LogP contribution in [0.1, 0.15) is 27.4 Å². The molecule has 2 heterocycles. The SMILES string of the molecule is O=C(c1ccc[nH]1)c1scc(Cl)c1C(F)F. The fourth-order valence-corrected chi connectivity index (χ4v) is 2.58. The van der Waals surface area contributed by atoms with E-state index >= 15 is 0 Å². The number of alkyl halides is 2. The summed E-state index contributed by atoms with van der Waals surface area (Å²) in [5.41, 5.74) is -0.105. The molecule has 2 rings (SSSR count). The van der Waals surface area contributed by atoms with Gasteiger partial charge in [-0.25, -0.2) is 8.78 Å². The maximum Gasteiger partial charge on any atom is 0.266 e. The molecule has 0 saturated heterocycles. The number of ketones is 1. The van der Waals surface area contributed by atoms with Crippen LogP contribution in [-0.2, 0) is 0 Å². The molecule has 2 aromatic heterocycles. The van der Waals surface area contributed by atoms with Crippen LogP contribution in [0.25, 0.3) is 0 Å². The van der Waals surface area contributed by atoms with Crippen molar-refractivity contribution in [3.8, 4) is 0 Å². The monoisotopic (exact) mass is 261 g/mol. The smallest absolute Gasteiger partial charge is 0.266 e. The quantitative estimate of drug-likeness (QED) is 0.835. The second-order valence-electron chi connectivity index (χ2n) is 3.04. The first kappa shape index (κ1) is 11.3. The van der Waals surface area contributed by atoms with E-state index in [0.717, 1.165) is 11.3 Å². The van der Waals surface area contributed by atoms with E-state index in [-0.39, 0.29) is 21.2 Å². The number of nitrogens with one attached hydrogen (secondary N) is 1. The molecule has 2 nitrogen and oxygen atoms in total. The van der Waals surface area contributed by atoms with Crippen LogP contribution in [0.5, 0.6) is 0 Å². The van der Waals surface area contributed by atoms with Crippen molar-refractivity contribution in [2.24, 2.45) is 0 Å². The third-order valence-electron chi connectivity index (χ3n) is 2.05. The molecule has 0 atom stereocenters. The summed E-state index contributed by atoms with van der Waals surface area (Å²) in [5, 5.41) is 1.29. The Morgan fingerprint density at radius 2 is 2.25 bits per heavy atom. The van der Waals surface area contributed by atoms with Gasteiger partial charge < -0.3 is 4.98 Å². The van der Waals surface area contributed by atoms with E-state index in [0.29, 0.717) is 0 Å². The molecule has 0 saturated carbocycles. The highest BCUT2D eigenvalue weighted by molar-refractivity contribution is 7.13. The van der Waals surface area contributed by atoms with Gasteiger partial charge in [0.1, 0.15) is 0 Å². The second kappa shape index (κ2) is 4.35. The van der Waals surface area contributed by atoms with Crippen molar-refractivity contribution in [2.75, 3.05) is 0 Å². The van der Waals surface area contributed by atoms with Gasteiger partial charge in [-0.2, -0.15) is 0 Å². The number of carbonyl (C=O) groups excluding carboxylic acids is 1. The number of rotatable bonds is 3. The molecule has 2 aromatic rings. The van der Waals surface area contributed by atoms with Crippen LogP contribution in [-0.4, -0.2) is 10.8 Å². The normalized spacial score (nSPS) is 11.0. The van der Waals surface area contributed by atoms with Gasteiger partial charge in [-0.1, -0.05) is 11.6 Å². The molecule has 0 fully saturated rings. The standard InChI is InChI=1S/C10H6ClF2NOS/c11-5-4-16-9(7(5)10(12)13)8(15)6-2-1-3-14-6/h1-4,10,14H. The summed E-state index contributed by atoms with van der Waals surface area (Å²) in [6.45, 7) is 0. The Kier molecular flexibility index (Phi) is 3.07. The zero-order chi connectivity index (χ0) is 11.7. The Morgan fingerprint density at radius 3 is 2.81 bits per heavy atom. The van der Waals surface area contributed by atoms with Crippen molar-refractivity contribution in [3.63, 3.8) is 0 Å². The number of hydrogen-bond donors (Lipinski definition) is 1. The Morgan fingerprint density at radius 1 is 1.50 bits per heavy atom. The van der Waals surface area contributed by atoms with Crippen LogP contribution < -0.4 is 0 Å². The molecule has 0 amide bonds. The molecular formula is C10H6ClF2NOS. The molecule has 0 unspecified atom stereocenters. The van der Waals surface area contributed by atoms with E-state index in [1.807, 2.05) is 0 Å². The van der Waals surface area contributed by atoms with E-state index in [4.69, 9.17) is 11.6 Å². The maximum absolute atomic E-state index is 12.7. The Labute approximate surface area is 98.9 Å². The molecule has 0 aromatic carbocycles. The average Bonchev–Trinajstić information content (AvgIpc) is 2.84. The van der Waals surface area contributed by atoms with E-state index in [1.54, 1.807) is 12.3 Å².